The van der Waals surface area contributed by atoms with Crippen LogP contribution in [0.25, 0.3) is 11.4 Å². The van der Waals surface area contributed by atoms with Gasteiger partial charge in [-0.25, -0.2) is 0 Å². The Morgan fingerprint density at radius 2 is 1.94 bits per heavy atom. The zero-order chi connectivity index (χ0) is 22.0. The lowest BCUT2D eigenvalue weighted by molar-refractivity contribution is -0.137. The molecular formula is C22H20F3N3O3. The van der Waals surface area contributed by atoms with Crippen molar-refractivity contribution in [3.63, 3.8) is 0 Å². The fraction of sp³-hybridized carbons (Fsp3) is 0.318. The Bertz CT molecular complexity index is 1060. The van der Waals surface area contributed by atoms with Crippen molar-refractivity contribution in [3.8, 4) is 17.1 Å². The van der Waals surface area contributed by atoms with Crippen LogP contribution in [-0.2, 0) is 17.4 Å². The normalized spacial score (nSPS) is 14.4. The minimum atomic E-state index is -4.44. The molecule has 1 aliphatic heterocycles. The molecule has 4 rings (SSSR count). The van der Waals surface area contributed by atoms with E-state index in [1.54, 1.807) is 12.0 Å². The Morgan fingerprint density at radius 3 is 2.61 bits per heavy atom. The van der Waals surface area contributed by atoms with Crippen molar-refractivity contribution in [1.29, 1.82) is 0 Å². The van der Waals surface area contributed by atoms with Gasteiger partial charge in [-0.3, -0.25) is 4.79 Å². The molecule has 0 aliphatic carbocycles. The van der Waals surface area contributed by atoms with Gasteiger partial charge >= 0.3 is 6.18 Å². The Labute approximate surface area is 176 Å². The summed E-state index contributed by atoms with van der Waals surface area (Å²) >= 11 is 0. The highest BCUT2D eigenvalue weighted by atomic mass is 19.4. The second kappa shape index (κ2) is 8.41. The summed E-state index contributed by atoms with van der Waals surface area (Å²) in [5.41, 5.74) is 0.513. The minimum absolute atomic E-state index is 0.0321. The van der Waals surface area contributed by atoms with Crippen molar-refractivity contribution in [2.45, 2.75) is 24.9 Å². The molecule has 1 saturated heterocycles. The Hall–Kier alpha value is -3.36. The summed E-state index contributed by atoms with van der Waals surface area (Å²) in [7, 11) is 1.60. The van der Waals surface area contributed by atoms with Crippen molar-refractivity contribution >= 4 is 5.91 Å². The van der Waals surface area contributed by atoms with E-state index >= 15 is 0 Å². The molecule has 1 amide bonds. The number of carbonyl (C=O) groups excluding carboxylic acids is 1. The molecule has 0 N–H and O–H groups in total. The molecule has 31 heavy (non-hydrogen) atoms. The number of hydrogen-bond acceptors (Lipinski definition) is 5. The number of amides is 1. The van der Waals surface area contributed by atoms with Crippen LogP contribution in [0.3, 0.4) is 0 Å². The van der Waals surface area contributed by atoms with Gasteiger partial charge in [-0.15, -0.1) is 0 Å². The molecule has 2 aromatic carbocycles. The number of likely N-dealkylation sites (tertiary alicyclic amines) is 1. The van der Waals surface area contributed by atoms with Crippen LogP contribution in [-0.4, -0.2) is 41.1 Å². The van der Waals surface area contributed by atoms with E-state index in [2.05, 4.69) is 10.1 Å². The number of aromatic nitrogens is 2. The summed E-state index contributed by atoms with van der Waals surface area (Å²) in [5.74, 6) is 1.11. The third-order valence-electron chi connectivity index (χ3n) is 5.26. The van der Waals surface area contributed by atoms with Crippen molar-refractivity contribution in [2.24, 2.45) is 0 Å². The lowest BCUT2D eigenvalue weighted by Crippen LogP contribution is -2.48. The maximum absolute atomic E-state index is 12.9. The monoisotopic (exact) mass is 431 g/mol. The van der Waals surface area contributed by atoms with Crippen LogP contribution < -0.4 is 4.74 Å². The molecule has 9 heteroatoms. The molecule has 0 spiro atoms. The third-order valence-corrected chi connectivity index (χ3v) is 5.26. The molecular weight excluding hydrogens is 411 g/mol. The fourth-order valence-corrected chi connectivity index (χ4v) is 3.39. The molecule has 0 bridgehead atoms. The van der Waals surface area contributed by atoms with Crippen LogP contribution in [0.2, 0.25) is 0 Å². The fourth-order valence-electron chi connectivity index (χ4n) is 3.39. The molecule has 0 saturated carbocycles. The largest absolute Gasteiger partial charge is 0.497 e. The van der Waals surface area contributed by atoms with Gasteiger partial charge in [0.05, 0.1) is 18.6 Å². The van der Waals surface area contributed by atoms with Crippen molar-refractivity contribution in [2.75, 3.05) is 20.2 Å². The number of ether oxygens (including phenoxy) is 1. The molecule has 2 heterocycles. The molecule has 6 nitrogen and oxygen atoms in total. The Morgan fingerprint density at radius 1 is 1.19 bits per heavy atom. The molecule has 0 atom stereocenters. The number of hydrogen-bond donors (Lipinski definition) is 0. The maximum atomic E-state index is 12.9. The number of aryl methyl sites for hydroxylation is 1. The molecule has 1 fully saturated rings. The molecule has 1 aromatic heterocycles. The van der Waals surface area contributed by atoms with Crippen LogP contribution in [0.5, 0.6) is 5.75 Å². The third kappa shape index (κ3) is 4.70. The minimum Gasteiger partial charge on any atom is -0.497 e. The second-order valence-corrected chi connectivity index (χ2v) is 7.38. The first-order valence-corrected chi connectivity index (χ1v) is 9.75. The first-order valence-electron chi connectivity index (χ1n) is 9.75. The van der Waals surface area contributed by atoms with Gasteiger partial charge in [0.15, 0.2) is 0 Å². The molecule has 1 aliphatic rings. The van der Waals surface area contributed by atoms with E-state index in [0.717, 1.165) is 23.4 Å². The summed E-state index contributed by atoms with van der Waals surface area (Å²) < 4.78 is 49.0. The zero-order valence-electron chi connectivity index (χ0n) is 16.7. The number of rotatable bonds is 6. The summed E-state index contributed by atoms with van der Waals surface area (Å²) in [6.45, 7) is 0.900. The maximum Gasteiger partial charge on any atom is 0.416 e. The summed E-state index contributed by atoms with van der Waals surface area (Å²) in [4.78, 5) is 18.3. The standard InChI is InChI=1S/C22H20F3N3O3/c1-30-18-8-5-14(6-9-18)7-10-19(29)28-12-16(13-28)21-26-20(27-31-21)15-3-2-4-17(11-15)22(23,24)25/h2-6,8-9,11,16H,7,10,12-13H2,1H3. The average molecular weight is 431 g/mol. The van der Waals surface area contributed by atoms with E-state index in [1.165, 1.54) is 12.1 Å². The van der Waals surface area contributed by atoms with Crippen LogP contribution in [0.4, 0.5) is 13.2 Å². The van der Waals surface area contributed by atoms with Crippen LogP contribution in [0.1, 0.15) is 29.4 Å². The van der Waals surface area contributed by atoms with Crippen LogP contribution >= 0.6 is 0 Å². The van der Waals surface area contributed by atoms with Gasteiger partial charge in [-0.1, -0.05) is 29.4 Å². The van der Waals surface area contributed by atoms with E-state index < -0.39 is 11.7 Å². The van der Waals surface area contributed by atoms with E-state index in [-0.39, 0.29) is 23.2 Å². The highest BCUT2D eigenvalue weighted by Crippen LogP contribution is 2.32. The Balaban J connectivity index is 1.31. The number of halogens is 3. The van der Waals surface area contributed by atoms with Crippen LogP contribution in [0, 0.1) is 0 Å². The second-order valence-electron chi connectivity index (χ2n) is 7.38. The zero-order valence-corrected chi connectivity index (χ0v) is 16.7. The average Bonchev–Trinajstić information content (AvgIpc) is 3.21. The number of alkyl halides is 3. The van der Waals surface area contributed by atoms with Gasteiger partial charge in [0.25, 0.3) is 0 Å². The van der Waals surface area contributed by atoms with Gasteiger partial charge in [0.2, 0.25) is 17.6 Å². The van der Waals surface area contributed by atoms with Crippen LogP contribution in [0.15, 0.2) is 53.1 Å². The van der Waals surface area contributed by atoms with Gasteiger partial charge < -0.3 is 14.2 Å². The highest BCUT2D eigenvalue weighted by molar-refractivity contribution is 5.77. The highest BCUT2D eigenvalue weighted by Gasteiger charge is 2.35. The number of benzene rings is 2. The summed E-state index contributed by atoms with van der Waals surface area (Å²) in [6, 6.07) is 12.4. The predicted octanol–water partition coefficient (Wildman–Crippen LogP) is 4.32. The van der Waals surface area contributed by atoms with Gasteiger partial charge in [0, 0.05) is 25.1 Å². The topological polar surface area (TPSA) is 68.5 Å². The predicted molar refractivity (Wildman–Crippen MR) is 105 cm³/mol. The van der Waals surface area contributed by atoms with Crippen molar-refractivity contribution in [3.05, 3.63) is 65.5 Å². The molecule has 0 unspecified atom stereocenters. The van der Waals surface area contributed by atoms with Gasteiger partial charge in [-0.05, 0) is 36.2 Å². The first kappa shape index (κ1) is 20.9. The number of nitrogens with zero attached hydrogens (tertiary/aromatic N) is 3. The molecule has 0 radical (unpaired) electrons. The lowest BCUT2D eigenvalue weighted by atomic mass is 9.98. The van der Waals surface area contributed by atoms with Crippen molar-refractivity contribution in [1.82, 2.24) is 15.0 Å². The molecule has 3 aromatic rings. The quantitative estimate of drug-likeness (QED) is 0.581. The van der Waals surface area contributed by atoms with Gasteiger partial charge in [0.1, 0.15) is 5.75 Å². The Kier molecular flexibility index (Phi) is 5.67. The number of carbonyl (C=O) groups is 1. The smallest absolute Gasteiger partial charge is 0.416 e. The number of methoxy groups -OCH3 is 1. The SMILES string of the molecule is COc1ccc(CCC(=O)N2CC(c3nc(-c4cccc(C(F)(F)F)c4)no3)C2)cc1. The van der Waals surface area contributed by atoms with E-state index in [0.29, 0.717) is 31.8 Å². The van der Waals surface area contributed by atoms with Crippen molar-refractivity contribution < 1.29 is 27.2 Å². The van der Waals surface area contributed by atoms with E-state index in [9.17, 15) is 18.0 Å². The summed E-state index contributed by atoms with van der Waals surface area (Å²) in [5, 5.41) is 3.81. The van der Waals surface area contributed by atoms with E-state index in [1.807, 2.05) is 24.3 Å². The first-order chi connectivity index (χ1) is 14.8. The van der Waals surface area contributed by atoms with Gasteiger partial charge in [-0.2, -0.15) is 18.2 Å². The van der Waals surface area contributed by atoms with E-state index in [4.69, 9.17) is 9.26 Å². The molecule has 162 valence electrons. The lowest BCUT2D eigenvalue weighted by Gasteiger charge is -2.37. The summed E-state index contributed by atoms with van der Waals surface area (Å²) in [6.07, 6.45) is -3.42.